The molecule has 1 rings (SSSR count). The van der Waals surface area contributed by atoms with E-state index in [1.165, 1.54) is 38.5 Å². The Labute approximate surface area is 110 Å². The maximum atomic E-state index is 2.62. The SMILES string of the molecule is CCCC1[CH-]C(CCC)CC1.[Br-].[Mg+2]. The molecule has 0 aromatic rings. The normalized spacial score (nSPS) is 26.3. The van der Waals surface area contributed by atoms with Gasteiger partial charge in [-0.1, -0.05) is 52.4 Å². The fourth-order valence-electron chi connectivity index (χ4n) is 2.23. The Morgan fingerprint density at radius 2 is 1.38 bits per heavy atom. The molecule has 0 amide bonds. The van der Waals surface area contributed by atoms with Crippen molar-refractivity contribution in [2.24, 2.45) is 11.8 Å². The molecular formula is C11H21BrMg. The van der Waals surface area contributed by atoms with Crippen LogP contribution in [0.1, 0.15) is 52.4 Å². The first-order valence-corrected chi connectivity index (χ1v) is 5.21. The summed E-state index contributed by atoms with van der Waals surface area (Å²) in [5.74, 6) is 1.94. The molecule has 2 atom stereocenters. The van der Waals surface area contributed by atoms with Gasteiger partial charge in [0.25, 0.3) is 0 Å². The van der Waals surface area contributed by atoms with Gasteiger partial charge in [-0.25, -0.2) is 0 Å². The molecule has 0 aromatic carbocycles. The van der Waals surface area contributed by atoms with E-state index in [1.54, 1.807) is 0 Å². The number of halogens is 1. The molecule has 0 N–H and O–H groups in total. The van der Waals surface area contributed by atoms with Gasteiger partial charge in [-0.05, 0) is 0 Å². The van der Waals surface area contributed by atoms with Crippen LogP contribution in [0.4, 0.5) is 0 Å². The minimum Gasteiger partial charge on any atom is -1.00 e. The van der Waals surface area contributed by atoms with Crippen LogP contribution in [-0.2, 0) is 0 Å². The van der Waals surface area contributed by atoms with Crippen molar-refractivity contribution in [1.82, 2.24) is 0 Å². The second kappa shape index (κ2) is 9.79. The molecule has 0 bridgehead atoms. The molecule has 0 saturated heterocycles. The third-order valence-corrected chi connectivity index (χ3v) is 2.77. The summed E-state index contributed by atoms with van der Waals surface area (Å²) in [5.41, 5.74) is 0. The Bertz CT molecular complexity index is 94.3. The predicted molar refractivity (Wildman–Crippen MR) is 56.1 cm³/mol. The first-order chi connectivity index (χ1) is 5.36. The van der Waals surface area contributed by atoms with E-state index in [0.29, 0.717) is 0 Å². The van der Waals surface area contributed by atoms with Crippen LogP contribution < -0.4 is 17.0 Å². The summed E-state index contributed by atoms with van der Waals surface area (Å²) < 4.78 is 0. The van der Waals surface area contributed by atoms with Crippen LogP contribution in [0.25, 0.3) is 0 Å². The number of hydrogen-bond acceptors (Lipinski definition) is 0. The van der Waals surface area contributed by atoms with Gasteiger partial charge in [0, 0.05) is 0 Å². The molecule has 13 heavy (non-hydrogen) atoms. The van der Waals surface area contributed by atoms with Crippen LogP contribution in [0, 0.1) is 18.3 Å². The van der Waals surface area contributed by atoms with E-state index in [-0.39, 0.29) is 40.0 Å². The molecule has 0 spiro atoms. The molecule has 2 heteroatoms. The molecule has 1 aliphatic rings. The Morgan fingerprint density at radius 3 is 1.69 bits per heavy atom. The molecule has 2 unspecified atom stereocenters. The first-order valence-electron chi connectivity index (χ1n) is 5.21. The molecule has 0 heterocycles. The van der Waals surface area contributed by atoms with Crippen molar-refractivity contribution in [2.45, 2.75) is 52.4 Å². The summed E-state index contributed by atoms with van der Waals surface area (Å²) in [6.45, 7) is 4.59. The minimum absolute atomic E-state index is 0. The van der Waals surface area contributed by atoms with Gasteiger partial charge in [0.1, 0.15) is 0 Å². The van der Waals surface area contributed by atoms with E-state index in [1.807, 2.05) is 0 Å². The predicted octanol–water partition coefficient (Wildman–Crippen LogP) is 0.440. The molecule has 0 aromatic heterocycles. The summed E-state index contributed by atoms with van der Waals surface area (Å²) in [6, 6.07) is 0. The Hall–Kier alpha value is 1.25. The van der Waals surface area contributed by atoms with Crippen LogP contribution in [0.15, 0.2) is 0 Å². The van der Waals surface area contributed by atoms with Crippen LogP contribution in [-0.4, -0.2) is 23.1 Å². The monoisotopic (exact) mass is 256 g/mol. The summed E-state index contributed by atoms with van der Waals surface area (Å²) in [5, 5.41) is 0. The van der Waals surface area contributed by atoms with Crippen LogP contribution in [0.3, 0.4) is 0 Å². The fraction of sp³-hybridized carbons (Fsp3) is 0.909. The van der Waals surface area contributed by atoms with E-state index in [0.717, 1.165) is 11.8 Å². The molecule has 0 radical (unpaired) electrons. The van der Waals surface area contributed by atoms with E-state index in [9.17, 15) is 0 Å². The van der Waals surface area contributed by atoms with Crippen molar-refractivity contribution in [3.05, 3.63) is 6.42 Å². The molecule has 74 valence electrons. The van der Waals surface area contributed by atoms with E-state index in [2.05, 4.69) is 20.3 Å². The second-order valence-electron chi connectivity index (χ2n) is 3.87. The third-order valence-electron chi connectivity index (χ3n) is 2.77. The van der Waals surface area contributed by atoms with Gasteiger partial charge in [0.2, 0.25) is 0 Å². The third kappa shape index (κ3) is 6.35. The number of rotatable bonds is 4. The Kier molecular flexibility index (Phi) is 12.5. The van der Waals surface area contributed by atoms with Crippen molar-refractivity contribution < 1.29 is 17.0 Å². The molecule has 0 nitrogen and oxygen atoms in total. The van der Waals surface area contributed by atoms with Crippen molar-refractivity contribution in [3.63, 3.8) is 0 Å². The number of hydrogen-bond donors (Lipinski definition) is 0. The van der Waals surface area contributed by atoms with Gasteiger partial charge in [-0.3, -0.25) is 0 Å². The van der Waals surface area contributed by atoms with Crippen molar-refractivity contribution in [2.75, 3.05) is 0 Å². The van der Waals surface area contributed by atoms with Crippen LogP contribution >= 0.6 is 0 Å². The Morgan fingerprint density at radius 1 is 1.00 bits per heavy atom. The van der Waals surface area contributed by atoms with Gasteiger partial charge >= 0.3 is 23.1 Å². The maximum absolute atomic E-state index is 2.62. The topological polar surface area (TPSA) is 0 Å². The quantitative estimate of drug-likeness (QED) is 0.506. The zero-order valence-electron chi connectivity index (χ0n) is 9.06. The average molecular weight is 257 g/mol. The average Bonchev–Trinajstić information content (AvgIpc) is 2.38. The zero-order valence-corrected chi connectivity index (χ0v) is 12.1. The largest absolute Gasteiger partial charge is 2.00 e. The van der Waals surface area contributed by atoms with Crippen molar-refractivity contribution >= 4 is 23.1 Å². The van der Waals surface area contributed by atoms with Crippen LogP contribution in [0.2, 0.25) is 0 Å². The van der Waals surface area contributed by atoms with Gasteiger partial charge in [-0.2, -0.15) is 11.8 Å². The van der Waals surface area contributed by atoms with Gasteiger partial charge < -0.3 is 23.4 Å². The van der Waals surface area contributed by atoms with E-state index >= 15 is 0 Å². The zero-order chi connectivity index (χ0) is 8.10. The molecule has 1 saturated carbocycles. The Balaban J connectivity index is 0. The molecule has 1 aliphatic carbocycles. The fourth-order valence-corrected chi connectivity index (χ4v) is 2.23. The van der Waals surface area contributed by atoms with Gasteiger partial charge in [-0.15, -0.1) is 0 Å². The van der Waals surface area contributed by atoms with E-state index < -0.39 is 0 Å². The maximum Gasteiger partial charge on any atom is 2.00 e. The van der Waals surface area contributed by atoms with Crippen molar-refractivity contribution in [3.8, 4) is 0 Å². The summed E-state index contributed by atoms with van der Waals surface area (Å²) >= 11 is 0. The van der Waals surface area contributed by atoms with Gasteiger partial charge in [0.15, 0.2) is 0 Å². The standard InChI is InChI=1S/C11H21.BrH.Mg/c1-3-5-10-7-8-11(9-10)6-4-2;;/h9-11H,3-8H2,1-2H3;1H;/q-1;;+2/p-1. The van der Waals surface area contributed by atoms with Crippen molar-refractivity contribution in [1.29, 1.82) is 0 Å². The summed E-state index contributed by atoms with van der Waals surface area (Å²) in [6.07, 6.45) is 11.1. The molecule has 1 fully saturated rings. The van der Waals surface area contributed by atoms with E-state index in [4.69, 9.17) is 0 Å². The van der Waals surface area contributed by atoms with Gasteiger partial charge in [0.05, 0.1) is 0 Å². The second-order valence-corrected chi connectivity index (χ2v) is 3.87. The van der Waals surface area contributed by atoms with Crippen LogP contribution in [0.5, 0.6) is 0 Å². The summed E-state index contributed by atoms with van der Waals surface area (Å²) in [7, 11) is 0. The smallest absolute Gasteiger partial charge is 1.00 e. The summed E-state index contributed by atoms with van der Waals surface area (Å²) in [4.78, 5) is 0. The minimum atomic E-state index is 0. The first kappa shape index (κ1) is 16.7. The molecule has 0 aliphatic heterocycles. The molecular weight excluding hydrogens is 236 g/mol.